The van der Waals surface area contributed by atoms with Gasteiger partial charge in [0.25, 0.3) is 0 Å². The third-order valence-corrected chi connectivity index (χ3v) is 3.41. The summed E-state index contributed by atoms with van der Waals surface area (Å²) in [5.74, 6) is 0.0621. The quantitative estimate of drug-likeness (QED) is 0.430. The smallest absolute Gasteiger partial charge is 0.347 e. The van der Waals surface area contributed by atoms with E-state index in [-0.39, 0.29) is 5.75 Å². The van der Waals surface area contributed by atoms with Crippen LogP contribution in [0, 0.1) is 0 Å². The van der Waals surface area contributed by atoms with Crippen molar-refractivity contribution in [3.63, 3.8) is 0 Å². The Morgan fingerprint density at radius 2 is 1.77 bits per heavy atom. The molecule has 0 unspecified atom stereocenters. The molecule has 26 heavy (non-hydrogen) atoms. The van der Waals surface area contributed by atoms with Crippen LogP contribution >= 0.6 is 0 Å². The Labute approximate surface area is 151 Å². The van der Waals surface area contributed by atoms with E-state index in [4.69, 9.17) is 14.2 Å². The number of carbonyl (C=O) groups is 2. The molecule has 136 valence electrons. The molecular formula is C20H20O6. The van der Waals surface area contributed by atoms with Crippen LogP contribution in [-0.4, -0.2) is 32.8 Å². The van der Waals surface area contributed by atoms with E-state index >= 15 is 0 Å². The highest BCUT2D eigenvalue weighted by atomic mass is 16.6. The summed E-state index contributed by atoms with van der Waals surface area (Å²) in [6, 6.07) is 11.8. The Morgan fingerprint density at radius 3 is 2.46 bits per heavy atom. The van der Waals surface area contributed by atoms with Crippen LogP contribution in [0.15, 0.2) is 48.5 Å². The van der Waals surface area contributed by atoms with Crippen LogP contribution in [0.2, 0.25) is 0 Å². The molecule has 6 nitrogen and oxygen atoms in total. The first-order chi connectivity index (χ1) is 12.6. The van der Waals surface area contributed by atoms with Crippen molar-refractivity contribution in [2.75, 3.05) is 20.8 Å². The van der Waals surface area contributed by atoms with Crippen molar-refractivity contribution in [2.45, 2.75) is 6.92 Å². The Balaban J connectivity index is 2.22. The maximum atomic E-state index is 12.5. The molecule has 2 aromatic rings. The molecule has 6 heteroatoms. The highest BCUT2D eigenvalue weighted by molar-refractivity contribution is 5.94. The van der Waals surface area contributed by atoms with E-state index < -0.39 is 11.9 Å². The van der Waals surface area contributed by atoms with Crippen LogP contribution in [0.1, 0.15) is 22.8 Å². The van der Waals surface area contributed by atoms with Gasteiger partial charge in [0.15, 0.2) is 11.5 Å². The fourth-order valence-corrected chi connectivity index (χ4v) is 2.18. The Bertz CT molecular complexity index is 810. The summed E-state index contributed by atoms with van der Waals surface area (Å²) in [7, 11) is 2.77. The van der Waals surface area contributed by atoms with Gasteiger partial charge in [-0.3, -0.25) is 0 Å². The van der Waals surface area contributed by atoms with E-state index in [1.165, 1.54) is 20.3 Å². The van der Waals surface area contributed by atoms with Gasteiger partial charge in [-0.2, -0.15) is 0 Å². The van der Waals surface area contributed by atoms with Crippen molar-refractivity contribution in [3.05, 3.63) is 59.7 Å². The largest absolute Gasteiger partial charge is 0.493 e. The van der Waals surface area contributed by atoms with E-state index in [1.807, 2.05) is 6.92 Å². The van der Waals surface area contributed by atoms with Gasteiger partial charge < -0.3 is 18.9 Å². The van der Waals surface area contributed by atoms with Crippen molar-refractivity contribution in [2.24, 2.45) is 0 Å². The second-order valence-electron chi connectivity index (χ2n) is 5.09. The number of hydrogen-bond acceptors (Lipinski definition) is 6. The predicted molar refractivity (Wildman–Crippen MR) is 96.6 cm³/mol. The molecule has 0 heterocycles. The van der Waals surface area contributed by atoms with E-state index in [0.717, 1.165) is 0 Å². The van der Waals surface area contributed by atoms with Crippen molar-refractivity contribution in [3.8, 4) is 17.2 Å². The van der Waals surface area contributed by atoms with Crippen LogP contribution < -0.4 is 14.2 Å². The van der Waals surface area contributed by atoms with Crippen LogP contribution in [0.4, 0.5) is 0 Å². The normalized spacial score (nSPS) is 10.4. The van der Waals surface area contributed by atoms with Gasteiger partial charge in [0, 0.05) is 6.08 Å². The predicted octanol–water partition coefficient (Wildman–Crippen LogP) is 3.50. The Kier molecular flexibility index (Phi) is 6.79. The van der Waals surface area contributed by atoms with Crippen LogP contribution in [0.25, 0.3) is 6.08 Å². The second kappa shape index (κ2) is 9.27. The van der Waals surface area contributed by atoms with Gasteiger partial charge in [-0.1, -0.05) is 18.2 Å². The van der Waals surface area contributed by atoms with Crippen LogP contribution in [0.5, 0.6) is 17.2 Å². The number of hydrogen-bond donors (Lipinski definition) is 0. The number of rotatable bonds is 7. The van der Waals surface area contributed by atoms with Gasteiger partial charge in [0.2, 0.25) is 0 Å². The highest BCUT2D eigenvalue weighted by Crippen LogP contribution is 2.30. The zero-order chi connectivity index (χ0) is 18.9. The third-order valence-electron chi connectivity index (χ3n) is 3.41. The van der Waals surface area contributed by atoms with Gasteiger partial charge in [-0.25, -0.2) is 9.59 Å². The Hall–Kier alpha value is -3.28. The molecule has 2 rings (SSSR count). The highest BCUT2D eigenvalue weighted by Gasteiger charge is 2.16. The molecule has 0 amide bonds. The standard InChI is InChI=1S/C20H20O6/c1-4-25-16-8-6-5-7-15(16)20(22)26-17-11-9-14(13-18(17)23-2)10-12-19(21)24-3/h5-13H,4H2,1-3H3/b12-10+. The number of esters is 2. The maximum absolute atomic E-state index is 12.5. The van der Waals surface area contributed by atoms with E-state index in [2.05, 4.69) is 4.74 Å². The average molecular weight is 356 g/mol. The zero-order valence-corrected chi connectivity index (χ0v) is 14.9. The summed E-state index contributed by atoms with van der Waals surface area (Å²) in [5.41, 5.74) is 1.02. The van der Waals surface area contributed by atoms with Crippen molar-refractivity contribution in [1.82, 2.24) is 0 Å². The lowest BCUT2D eigenvalue weighted by Crippen LogP contribution is -2.11. The molecular weight excluding hydrogens is 336 g/mol. The fourth-order valence-electron chi connectivity index (χ4n) is 2.18. The molecule has 0 saturated carbocycles. The topological polar surface area (TPSA) is 71.1 Å². The minimum absolute atomic E-state index is 0.263. The molecule has 0 saturated heterocycles. The SMILES string of the molecule is CCOc1ccccc1C(=O)Oc1ccc(/C=C/C(=O)OC)cc1OC. The second-order valence-corrected chi connectivity index (χ2v) is 5.09. The van der Waals surface area contributed by atoms with Gasteiger partial charge in [-0.15, -0.1) is 0 Å². The van der Waals surface area contributed by atoms with Gasteiger partial charge in [0.05, 0.1) is 20.8 Å². The van der Waals surface area contributed by atoms with Gasteiger partial charge >= 0.3 is 11.9 Å². The molecule has 0 atom stereocenters. The molecule has 0 radical (unpaired) electrons. The lowest BCUT2D eigenvalue weighted by Gasteiger charge is -2.12. The molecule has 0 bridgehead atoms. The molecule has 0 aromatic heterocycles. The third kappa shape index (κ3) is 4.86. The van der Waals surface area contributed by atoms with Gasteiger partial charge in [0.1, 0.15) is 11.3 Å². The van der Waals surface area contributed by atoms with Crippen LogP contribution in [0.3, 0.4) is 0 Å². The molecule has 0 aliphatic heterocycles. The van der Waals surface area contributed by atoms with Crippen molar-refractivity contribution >= 4 is 18.0 Å². The van der Waals surface area contributed by atoms with E-state index in [9.17, 15) is 9.59 Å². The number of carbonyl (C=O) groups excluding carboxylic acids is 2. The molecule has 0 aliphatic carbocycles. The minimum Gasteiger partial charge on any atom is -0.493 e. The molecule has 0 N–H and O–H groups in total. The summed E-state index contributed by atoms with van der Waals surface area (Å²) in [6.45, 7) is 2.28. The van der Waals surface area contributed by atoms with Crippen LogP contribution in [-0.2, 0) is 9.53 Å². The van der Waals surface area contributed by atoms with Gasteiger partial charge in [-0.05, 0) is 42.8 Å². The minimum atomic E-state index is -0.551. The summed E-state index contributed by atoms with van der Waals surface area (Å²) >= 11 is 0. The number of para-hydroxylation sites is 1. The lowest BCUT2D eigenvalue weighted by atomic mass is 10.1. The van der Waals surface area contributed by atoms with Crippen molar-refractivity contribution < 1.29 is 28.5 Å². The first kappa shape index (κ1) is 19.1. The monoisotopic (exact) mass is 356 g/mol. The summed E-state index contributed by atoms with van der Waals surface area (Å²) < 4.78 is 20.7. The van der Waals surface area contributed by atoms with E-state index in [0.29, 0.717) is 29.2 Å². The first-order valence-corrected chi connectivity index (χ1v) is 7.97. The molecule has 0 fully saturated rings. The average Bonchev–Trinajstić information content (AvgIpc) is 2.67. The summed E-state index contributed by atoms with van der Waals surface area (Å²) in [5, 5.41) is 0. The molecule has 2 aromatic carbocycles. The first-order valence-electron chi connectivity index (χ1n) is 7.97. The Morgan fingerprint density at radius 1 is 1.00 bits per heavy atom. The lowest BCUT2D eigenvalue weighted by molar-refractivity contribution is -0.134. The van der Waals surface area contributed by atoms with Crippen molar-refractivity contribution in [1.29, 1.82) is 0 Å². The molecule has 0 aliphatic rings. The molecule has 0 spiro atoms. The summed E-state index contributed by atoms with van der Waals surface area (Å²) in [4.78, 5) is 23.7. The maximum Gasteiger partial charge on any atom is 0.347 e. The number of methoxy groups -OCH3 is 2. The number of benzene rings is 2. The zero-order valence-electron chi connectivity index (χ0n) is 14.9. The van der Waals surface area contributed by atoms with E-state index in [1.54, 1.807) is 48.5 Å². The number of ether oxygens (including phenoxy) is 4. The fraction of sp³-hybridized carbons (Fsp3) is 0.200. The summed E-state index contributed by atoms with van der Waals surface area (Å²) in [6.07, 6.45) is 2.86.